The Balaban J connectivity index is 1.66. The number of aromatic amines is 1. The Morgan fingerprint density at radius 3 is 2.96 bits per heavy atom. The average Bonchev–Trinajstić information content (AvgIpc) is 2.96. The van der Waals surface area contributed by atoms with Crippen LogP contribution in [0.2, 0.25) is 0 Å². The van der Waals surface area contributed by atoms with Gasteiger partial charge in [0.25, 0.3) is 5.91 Å². The van der Waals surface area contributed by atoms with E-state index in [2.05, 4.69) is 15.5 Å². The van der Waals surface area contributed by atoms with E-state index in [-0.39, 0.29) is 11.6 Å². The third-order valence-corrected chi connectivity index (χ3v) is 3.55. The lowest BCUT2D eigenvalue weighted by atomic mass is 10.1. The van der Waals surface area contributed by atoms with Crippen molar-refractivity contribution in [3.8, 4) is 5.75 Å². The minimum Gasteiger partial charge on any atom is -0.496 e. The van der Waals surface area contributed by atoms with Gasteiger partial charge >= 0.3 is 5.69 Å². The largest absolute Gasteiger partial charge is 0.496 e. The van der Waals surface area contributed by atoms with Crippen molar-refractivity contribution >= 4 is 11.6 Å². The average molecular weight is 312 g/mol. The molecule has 0 aliphatic heterocycles. The summed E-state index contributed by atoms with van der Waals surface area (Å²) < 4.78 is 6.58. The number of carbonyl (C=O) groups excluding carboxylic acids is 1. The lowest BCUT2D eigenvalue weighted by Gasteiger charge is -2.09. The van der Waals surface area contributed by atoms with Crippen LogP contribution in [-0.2, 0) is 6.42 Å². The maximum Gasteiger partial charge on any atom is 0.347 e. The van der Waals surface area contributed by atoms with Gasteiger partial charge in [-0.05, 0) is 30.2 Å². The molecule has 0 unspecified atom stereocenters. The van der Waals surface area contributed by atoms with Crippen molar-refractivity contribution in [2.45, 2.75) is 6.42 Å². The van der Waals surface area contributed by atoms with Crippen LogP contribution in [0.25, 0.3) is 5.65 Å². The highest BCUT2D eigenvalue weighted by molar-refractivity contribution is 5.94. The summed E-state index contributed by atoms with van der Waals surface area (Å²) in [5.41, 5.74) is 1.53. The van der Waals surface area contributed by atoms with E-state index in [0.29, 0.717) is 24.2 Å². The molecule has 0 fully saturated rings. The quantitative estimate of drug-likeness (QED) is 0.736. The molecular formula is C16H16N4O3. The lowest BCUT2D eigenvalue weighted by Crippen LogP contribution is -2.26. The Morgan fingerprint density at radius 2 is 2.13 bits per heavy atom. The topological polar surface area (TPSA) is 88.5 Å². The van der Waals surface area contributed by atoms with Gasteiger partial charge in [-0.25, -0.2) is 14.3 Å². The van der Waals surface area contributed by atoms with Gasteiger partial charge in [-0.3, -0.25) is 4.79 Å². The summed E-state index contributed by atoms with van der Waals surface area (Å²) in [7, 11) is 1.62. The van der Waals surface area contributed by atoms with Crippen molar-refractivity contribution in [1.29, 1.82) is 0 Å². The van der Waals surface area contributed by atoms with Crippen molar-refractivity contribution in [3.63, 3.8) is 0 Å². The first-order valence-corrected chi connectivity index (χ1v) is 7.16. The summed E-state index contributed by atoms with van der Waals surface area (Å²) in [6, 6.07) is 10.9. The zero-order valence-electron chi connectivity index (χ0n) is 12.6. The highest BCUT2D eigenvalue weighted by atomic mass is 16.5. The second-order valence-corrected chi connectivity index (χ2v) is 4.99. The number of pyridine rings is 1. The van der Waals surface area contributed by atoms with Gasteiger partial charge in [0, 0.05) is 12.7 Å². The van der Waals surface area contributed by atoms with Crippen LogP contribution in [0.15, 0.2) is 47.4 Å². The molecular weight excluding hydrogens is 296 g/mol. The van der Waals surface area contributed by atoms with Gasteiger partial charge in [-0.15, -0.1) is 0 Å². The van der Waals surface area contributed by atoms with Crippen molar-refractivity contribution < 1.29 is 9.53 Å². The number of fused-ring (bicyclic) bond motifs is 1. The number of methoxy groups -OCH3 is 1. The smallest absolute Gasteiger partial charge is 0.347 e. The van der Waals surface area contributed by atoms with Crippen LogP contribution < -0.4 is 15.7 Å². The second-order valence-electron chi connectivity index (χ2n) is 4.99. The minimum absolute atomic E-state index is 0.241. The molecule has 3 aromatic rings. The van der Waals surface area contributed by atoms with Crippen molar-refractivity contribution in [2.24, 2.45) is 0 Å². The molecule has 23 heavy (non-hydrogen) atoms. The van der Waals surface area contributed by atoms with Crippen LogP contribution in [0.1, 0.15) is 15.9 Å². The number of benzene rings is 1. The van der Waals surface area contributed by atoms with Crippen molar-refractivity contribution in [1.82, 2.24) is 19.9 Å². The fourth-order valence-corrected chi connectivity index (χ4v) is 2.36. The number of H-pyrrole nitrogens is 1. The fraction of sp³-hybridized carbons (Fsp3) is 0.188. The number of hydrogen-bond acceptors (Lipinski definition) is 4. The van der Waals surface area contributed by atoms with Crippen molar-refractivity contribution in [3.05, 3.63) is 64.2 Å². The van der Waals surface area contributed by atoms with E-state index in [4.69, 9.17) is 4.74 Å². The SMILES string of the molecule is COc1ccccc1CCNC(=O)c1ccc2n[nH]c(=O)n2c1. The van der Waals surface area contributed by atoms with E-state index in [1.54, 1.807) is 19.2 Å². The van der Waals surface area contributed by atoms with Crippen LogP contribution in [-0.4, -0.2) is 34.2 Å². The highest BCUT2D eigenvalue weighted by Gasteiger charge is 2.09. The summed E-state index contributed by atoms with van der Waals surface area (Å²) in [5.74, 6) is 0.558. The third-order valence-electron chi connectivity index (χ3n) is 3.55. The van der Waals surface area contributed by atoms with Gasteiger partial charge in [0.1, 0.15) is 5.75 Å². The molecule has 118 valence electrons. The molecule has 0 saturated heterocycles. The maximum absolute atomic E-state index is 12.2. The number of carbonyl (C=O) groups is 1. The number of amides is 1. The predicted octanol–water partition coefficient (Wildman–Crippen LogP) is 1.00. The van der Waals surface area contributed by atoms with E-state index in [1.165, 1.54) is 10.6 Å². The van der Waals surface area contributed by atoms with Gasteiger partial charge in [0.15, 0.2) is 5.65 Å². The molecule has 1 aromatic carbocycles. The third kappa shape index (κ3) is 3.08. The second kappa shape index (κ2) is 6.35. The molecule has 0 bridgehead atoms. The Kier molecular flexibility index (Phi) is 4.09. The molecule has 7 nitrogen and oxygen atoms in total. The minimum atomic E-state index is -0.372. The molecule has 2 aromatic heterocycles. The maximum atomic E-state index is 12.2. The summed E-state index contributed by atoms with van der Waals surface area (Å²) >= 11 is 0. The number of hydrogen-bond donors (Lipinski definition) is 2. The Hall–Kier alpha value is -3.09. The number of rotatable bonds is 5. The summed E-state index contributed by atoms with van der Waals surface area (Å²) in [5, 5.41) is 8.99. The molecule has 7 heteroatoms. The lowest BCUT2D eigenvalue weighted by molar-refractivity contribution is 0.0953. The Bertz CT molecular complexity index is 897. The van der Waals surface area contributed by atoms with Crippen molar-refractivity contribution in [2.75, 3.05) is 13.7 Å². The van der Waals surface area contributed by atoms with Gasteiger partial charge in [-0.2, -0.15) is 5.10 Å². The molecule has 0 spiro atoms. The van der Waals surface area contributed by atoms with Gasteiger partial charge in [-0.1, -0.05) is 18.2 Å². The number of ether oxygens (including phenoxy) is 1. The number of aromatic nitrogens is 3. The first-order valence-electron chi connectivity index (χ1n) is 7.16. The van der Waals surface area contributed by atoms with Crippen LogP contribution in [0.3, 0.4) is 0 Å². The van der Waals surface area contributed by atoms with E-state index in [1.807, 2.05) is 24.3 Å². The molecule has 0 atom stereocenters. The molecule has 3 rings (SSSR count). The Labute approximate surface area is 131 Å². The molecule has 0 aliphatic rings. The summed E-state index contributed by atoms with van der Waals surface area (Å²) in [6.45, 7) is 0.470. The van der Waals surface area contributed by atoms with Gasteiger partial charge in [0.2, 0.25) is 0 Å². The van der Waals surface area contributed by atoms with E-state index in [0.717, 1.165) is 11.3 Å². The predicted molar refractivity (Wildman–Crippen MR) is 84.8 cm³/mol. The normalized spacial score (nSPS) is 10.7. The monoisotopic (exact) mass is 312 g/mol. The first-order chi connectivity index (χ1) is 11.2. The zero-order chi connectivity index (χ0) is 16.2. The summed E-state index contributed by atoms with van der Waals surface area (Å²) in [6.07, 6.45) is 2.13. The summed E-state index contributed by atoms with van der Waals surface area (Å²) in [4.78, 5) is 23.7. The van der Waals surface area contributed by atoms with Crippen LogP contribution in [0.5, 0.6) is 5.75 Å². The van der Waals surface area contributed by atoms with Gasteiger partial charge in [0.05, 0.1) is 12.7 Å². The van der Waals surface area contributed by atoms with E-state index < -0.39 is 0 Å². The van der Waals surface area contributed by atoms with E-state index in [9.17, 15) is 9.59 Å². The Morgan fingerprint density at radius 1 is 1.30 bits per heavy atom. The molecule has 2 N–H and O–H groups in total. The standard InChI is InChI=1S/C16H16N4O3/c1-23-13-5-3-2-4-11(13)8-9-17-15(21)12-6-7-14-18-19-16(22)20(14)10-12/h2-7,10H,8-9H2,1H3,(H,17,21)(H,19,22). The zero-order valence-corrected chi connectivity index (χ0v) is 12.6. The molecule has 0 saturated carbocycles. The van der Waals surface area contributed by atoms with Crippen LogP contribution in [0, 0.1) is 0 Å². The highest BCUT2D eigenvalue weighted by Crippen LogP contribution is 2.17. The number of nitrogens with one attached hydrogen (secondary N) is 2. The molecule has 0 radical (unpaired) electrons. The first kappa shape index (κ1) is 14.8. The number of nitrogens with zero attached hydrogens (tertiary/aromatic N) is 2. The van der Waals surface area contributed by atoms with Crippen LogP contribution >= 0.6 is 0 Å². The van der Waals surface area contributed by atoms with E-state index >= 15 is 0 Å². The van der Waals surface area contributed by atoms with Crippen LogP contribution in [0.4, 0.5) is 0 Å². The molecule has 1 amide bonds. The molecule has 0 aliphatic carbocycles. The van der Waals surface area contributed by atoms with Gasteiger partial charge < -0.3 is 10.1 Å². The number of para-hydroxylation sites is 1. The molecule has 2 heterocycles. The fourth-order valence-electron chi connectivity index (χ4n) is 2.36.